The van der Waals surface area contributed by atoms with Gasteiger partial charge in [-0.1, -0.05) is 48.2 Å². The zero-order valence-corrected chi connectivity index (χ0v) is 19.5. The van der Waals surface area contributed by atoms with E-state index in [1.54, 1.807) is 35.9 Å². The second-order valence-electron chi connectivity index (χ2n) is 7.78. The molecule has 0 bridgehead atoms. The maximum atomic E-state index is 13.6. The number of aryl methyl sites for hydroxylation is 1. The van der Waals surface area contributed by atoms with Crippen LogP contribution < -0.4 is 15.6 Å². The molecule has 8 heteroatoms. The van der Waals surface area contributed by atoms with Crippen LogP contribution in [0.5, 0.6) is 5.75 Å². The van der Waals surface area contributed by atoms with Crippen LogP contribution in [0.1, 0.15) is 5.56 Å². The van der Waals surface area contributed by atoms with Gasteiger partial charge in [-0.25, -0.2) is 4.98 Å². The van der Waals surface area contributed by atoms with Gasteiger partial charge in [0.2, 0.25) is 5.91 Å². The summed E-state index contributed by atoms with van der Waals surface area (Å²) in [4.78, 5) is 34.4. The number of anilines is 1. The highest BCUT2D eigenvalue weighted by atomic mass is 32.2. The number of H-pyrrole nitrogens is 1. The van der Waals surface area contributed by atoms with Crippen LogP contribution >= 0.6 is 11.8 Å². The molecule has 0 fully saturated rings. The number of amides is 1. The molecule has 0 aliphatic rings. The van der Waals surface area contributed by atoms with Crippen molar-refractivity contribution in [1.82, 2.24) is 14.5 Å². The predicted octanol–water partition coefficient (Wildman–Crippen LogP) is 4.91. The number of hydrogen-bond acceptors (Lipinski definition) is 5. The molecule has 2 N–H and O–H groups in total. The van der Waals surface area contributed by atoms with Gasteiger partial charge in [-0.3, -0.25) is 14.2 Å². The van der Waals surface area contributed by atoms with Crippen molar-refractivity contribution in [3.63, 3.8) is 0 Å². The zero-order valence-electron chi connectivity index (χ0n) is 18.7. The first-order chi connectivity index (χ1) is 16.5. The van der Waals surface area contributed by atoms with Crippen molar-refractivity contribution in [3.8, 4) is 11.4 Å². The van der Waals surface area contributed by atoms with Gasteiger partial charge in [0.15, 0.2) is 5.16 Å². The lowest BCUT2D eigenvalue weighted by Crippen LogP contribution is -2.23. The Bertz CT molecular complexity index is 1570. The largest absolute Gasteiger partial charge is 0.497 e. The number of carbonyl (C=O) groups excluding carboxylic acids is 1. The third-order valence-corrected chi connectivity index (χ3v) is 6.50. The molecule has 0 spiro atoms. The molecule has 0 aliphatic heterocycles. The summed E-state index contributed by atoms with van der Waals surface area (Å²) in [7, 11) is 1.59. The van der Waals surface area contributed by atoms with Crippen LogP contribution in [0.4, 0.5) is 5.69 Å². The number of para-hydroxylation sites is 2. The average Bonchev–Trinajstić information content (AvgIpc) is 3.23. The Kier molecular flexibility index (Phi) is 5.81. The lowest BCUT2D eigenvalue weighted by atomic mass is 10.2. The van der Waals surface area contributed by atoms with Gasteiger partial charge >= 0.3 is 0 Å². The summed E-state index contributed by atoms with van der Waals surface area (Å²) in [5, 5.41) is 4.20. The van der Waals surface area contributed by atoms with Crippen LogP contribution in [0.3, 0.4) is 0 Å². The molecule has 5 rings (SSSR count). The van der Waals surface area contributed by atoms with Crippen LogP contribution in [0, 0.1) is 6.92 Å². The maximum Gasteiger partial charge on any atom is 0.283 e. The number of thioether (sulfide) groups is 1. The van der Waals surface area contributed by atoms with Crippen LogP contribution in [-0.4, -0.2) is 33.3 Å². The van der Waals surface area contributed by atoms with E-state index in [0.717, 1.165) is 22.2 Å². The van der Waals surface area contributed by atoms with Crippen LogP contribution in [0.15, 0.2) is 82.7 Å². The minimum atomic E-state index is -0.200. The van der Waals surface area contributed by atoms with E-state index in [2.05, 4.69) is 10.3 Å². The molecule has 34 heavy (non-hydrogen) atoms. The molecule has 0 saturated carbocycles. The molecular weight excluding hydrogens is 448 g/mol. The number of benzene rings is 3. The number of nitrogens with zero attached hydrogens (tertiary/aromatic N) is 2. The highest BCUT2D eigenvalue weighted by molar-refractivity contribution is 7.99. The molecule has 0 radical (unpaired) electrons. The van der Waals surface area contributed by atoms with Crippen molar-refractivity contribution < 1.29 is 9.53 Å². The average molecular weight is 471 g/mol. The Labute approximate surface area is 199 Å². The van der Waals surface area contributed by atoms with Gasteiger partial charge in [0.05, 0.1) is 18.6 Å². The number of nitrogens with one attached hydrogen (secondary N) is 2. The van der Waals surface area contributed by atoms with Gasteiger partial charge in [0, 0.05) is 16.6 Å². The first-order valence-corrected chi connectivity index (χ1v) is 11.7. The van der Waals surface area contributed by atoms with E-state index in [1.165, 1.54) is 11.8 Å². The molecule has 7 nitrogen and oxygen atoms in total. The fourth-order valence-electron chi connectivity index (χ4n) is 3.87. The zero-order chi connectivity index (χ0) is 23.7. The topological polar surface area (TPSA) is 89.0 Å². The predicted molar refractivity (Wildman–Crippen MR) is 136 cm³/mol. The number of rotatable bonds is 6. The van der Waals surface area contributed by atoms with Crippen molar-refractivity contribution in [2.24, 2.45) is 0 Å². The smallest absolute Gasteiger partial charge is 0.283 e. The van der Waals surface area contributed by atoms with Gasteiger partial charge in [-0.05, 0) is 48.9 Å². The fraction of sp³-hybridized carbons (Fsp3) is 0.115. The Hall–Kier alpha value is -4.04. The molecule has 170 valence electrons. The van der Waals surface area contributed by atoms with Crippen molar-refractivity contribution in [2.75, 3.05) is 18.2 Å². The minimum absolute atomic E-state index is 0.0954. The van der Waals surface area contributed by atoms with Gasteiger partial charge in [-0.2, -0.15) is 0 Å². The molecular formula is C26H22N4O3S. The normalized spacial score (nSPS) is 11.1. The Morgan fingerprint density at radius 2 is 1.79 bits per heavy atom. The summed E-state index contributed by atoms with van der Waals surface area (Å²) in [5.41, 5.74) is 4.03. The number of aromatic amines is 1. The Morgan fingerprint density at radius 3 is 2.56 bits per heavy atom. The summed E-state index contributed by atoms with van der Waals surface area (Å²) in [5.74, 6) is 0.615. The van der Waals surface area contributed by atoms with E-state index in [4.69, 9.17) is 9.72 Å². The van der Waals surface area contributed by atoms with E-state index >= 15 is 0 Å². The summed E-state index contributed by atoms with van der Waals surface area (Å²) in [6.07, 6.45) is 0. The van der Waals surface area contributed by atoms with E-state index in [-0.39, 0.29) is 17.2 Å². The number of aromatic nitrogens is 3. The highest BCUT2D eigenvalue weighted by Gasteiger charge is 2.19. The number of hydrogen-bond donors (Lipinski definition) is 2. The summed E-state index contributed by atoms with van der Waals surface area (Å²) in [6, 6.07) is 22.4. The molecule has 0 unspecified atom stereocenters. The van der Waals surface area contributed by atoms with E-state index < -0.39 is 0 Å². The lowest BCUT2D eigenvalue weighted by Gasteiger charge is -2.14. The Morgan fingerprint density at radius 1 is 1.06 bits per heavy atom. The summed E-state index contributed by atoms with van der Waals surface area (Å²) >= 11 is 1.23. The van der Waals surface area contributed by atoms with Gasteiger partial charge < -0.3 is 15.0 Å². The van der Waals surface area contributed by atoms with E-state index in [1.807, 2.05) is 55.5 Å². The van der Waals surface area contributed by atoms with E-state index in [0.29, 0.717) is 27.6 Å². The molecule has 5 aromatic rings. The number of methoxy groups -OCH3 is 1. The highest BCUT2D eigenvalue weighted by Crippen LogP contribution is 2.27. The first-order valence-electron chi connectivity index (χ1n) is 10.7. The standard InChI is InChI=1S/C26H22N4O3S/c1-16-7-3-6-10-21(16)30-25(32)24-23(19-8-4-5-9-20(19)28-24)29-26(30)34-15-22(31)27-17-11-13-18(33-2)14-12-17/h3-14,28H,15H2,1-2H3,(H,27,31). The minimum Gasteiger partial charge on any atom is -0.497 e. The monoisotopic (exact) mass is 470 g/mol. The number of ether oxygens (including phenoxy) is 1. The van der Waals surface area contributed by atoms with Crippen molar-refractivity contribution in [2.45, 2.75) is 12.1 Å². The SMILES string of the molecule is COc1ccc(NC(=O)CSc2nc3c([nH]c4ccccc43)c(=O)n2-c2ccccc2C)cc1. The molecule has 3 aromatic carbocycles. The van der Waals surface area contributed by atoms with Gasteiger partial charge in [0.25, 0.3) is 5.56 Å². The van der Waals surface area contributed by atoms with Gasteiger partial charge in [0.1, 0.15) is 16.8 Å². The lowest BCUT2D eigenvalue weighted by molar-refractivity contribution is -0.113. The quantitative estimate of drug-likeness (QED) is 0.272. The molecule has 1 amide bonds. The summed E-state index contributed by atoms with van der Waals surface area (Å²) in [6.45, 7) is 1.95. The van der Waals surface area contributed by atoms with Crippen LogP contribution in [0.2, 0.25) is 0 Å². The fourth-order valence-corrected chi connectivity index (χ4v) is 4.67. The van der Waals surface area contributed by atoms with Crippen molar-refractivity contribution >= 4 is 45.3 Å². The van der Waals surface area contributed by atoms with Gasteiger partial charge in [-0.15, -0.1) is 0 Å². The Balaban J connectivity index is 1.53. The second kappa shape index (κ2) is 9.07. The van der Waals surface area contributed by atoms with Crippen molar-refractivity contribution in [1.29, 1.82) is 0 Å². The van der Waals surface area contributed by atoms with E-state index in [9.17, 15) is 9.59 Å². The first kappa shape index (κ1) is 21.8. The second-order valence-corrected chi connectivity index (χ2v) is 8.72. The maximum absolute atomic E-state index is 13.6. The number of carbonyl (C=O) groups is 1. The van der Waals surface area contributed by atoms with Crippen molar-refractivity contribution in [3.05, 3.63) is 88.7 Å². The van der Waals surface area contributed by atoms with Crippen LogP contribution in [0.25, 0.3) is 27.6 Å². The molecule has 2 heterocycles. The molecule has 0 atom stereocenters. The molecule has 0 saturated heterocycles. The van der Waals surface area contributed by atoms with Crippen LogP contribution in [-0.2, 0) is 4.79 Å². The third kappa shape index (κ3) is 4.04. The molecule has 0 aliphatic carbocycles. The molecule has 2 aromatic heterocycles. The summed E-state index contributed by atoms with van der Waals surface area (Å²) < 4.78 is 6.74. The third-order valence-electron chi connectivity index (χ3n) is 5.56. The number of fused-ring (bicyclic) bond motifs is 3.